The standard InChI is InChI=1S/C24H32N2O2/c1-3-28-19-24(14-13-21-7-5-4-6-8-21)15-16-26(18-24)17-22-9-11-23(12-10-22)25-20(2)27/h4-12H,3,13-19H2,1-2H3,(H,25,27)/t24-/m0/s1. The van der Waals surface area contributed by atoms with Crippen molar-refractivity contribution >= 4 is 11.6 Å². The molecule has 1 amide bonds. The molecule has 1 aliphatic rings. The van der Waals surface area contributed by atoms with Gasteiger partial charge in [0.2, 0.25) is 5.91 Å². The SMILES string of the molecule is CCOC[C@@]1(CCc2ccccc2)CCN(Cc2ccc(NC(C)=O)cc2)C1. The van der Waals surface area contributed by atoms with Gasteiger partial charge in [-0.2, -0.15) is 0 Å². The molecule has 0 bridgehead atoms. The molecule has 0 aromatic heterocycles. The molecule has 1 aliphatic heterocycles. The Bertz CT molecular complexity index is 745. The third-order valence-corrected chi connectivity index (χ3v) is 5.60. The van der Waals surface area contributed by atoms with Crippen LogP contribution in [0.1, 0.15) is 37.8 Å². The minimum absolute atomic E-state index is 0.0357. The van der Waals surface area contributed by atoms with Crippen LogP contribution in [0, 0.1) is 5.41 Å². The summed E-state index contributed by atoms with van der Waals surface area (Å²) in [6, 6.07) is 18.9. The zero-order valence-electron chi connectivity index (χ0n) is 17.1. The fraction of sp³-hybridized carbons (Fsp3) is 0.458. The summed E-state index contributed by atoms with van der Waals surface area (Å²) in [5.74, 6) is -0.0357. The van der Waals surface area contributed by atoms with E-state index in [1.165, 1.54) is 24.5 Å². The highest BCUT2D eigenvalue weighted by Gasteiger charge is 2.37. The van der Waals surface area contributed by atoms with Crippen molar-refractivity contribution in [3.63, 3.8) is 0 Å². The van der Waals surface area contributed by atoms with Gasteiger partial charge < -0.3 is 10.1 Å². The average Bonchev–Trinajstić information content (AvgIpc) is 3.10. The maximum atomic E-state index is 11.2. The summed E-state index contributed by atoms with van der Waals surface area (Å²) < 4.78 is 5.89. The number of anilines is 1. The normalized spacial score (nSPS) is 19.6. The Balaban J connectivity index is 1.59. The van der Waals surface area contributed by atoms with E-state index in [0.29, 0.717) is 0 Å². The third-order valence-electron chi connectivity index (χ3n) is 5.60. The Hall–Kier alpha value is -2.17. The molecule has 1 atom stereocenters. The fourth-order valence-corrected chi connectivity index (χ4v) is 4.08. The third kappa shape index (κ3) is 5.91. The van der Waals surface area contributed by atoms with E-state index in [2.05, 4.69) is 59.6 Å². The lowest BCUT2D eigenvalue weighted by Gasteiger charge is -2.29. The summed E-state index contributed by atoms with van der Waals surface area (Å²) in [6.45, 7) is 8.36. The number of hydrogen-bond acceptors (Lipinski definition) is 3. The van der Waals surface area contributed by atoms with Crippen LogP contribution in [-0.4, -0.2) is 37.1 Å². The maximum Gasteiger partial charge on any atom is 0.221 e. The summed E-state index contributed by atoms with van der Waals surface area (Å²) in [5, 5.41) is 2.83. The second-order valence-electron chi connectivity index (χ2n) is 7.96. The van der Waals surface area contributed by atoms with Crippen LogP contribution >= 0.6 is 0 Å². The highest BCUT2D eigenvalue weighted by molar-refractivity contribution is 5.88. The van der Waals surface area contributed by atoms with Gasteiger partial charge in [-0.05, 0) is 56.0 Å². The molecule has 4 nitrogen and oxygen atoms in total. The molecule has 150 valence electrons. The minimum Gasteiger partial charge on any atom is -0.381 e. The number of nitrogens with one attached hydrogen (secondary N) is 1. The second kappa shape index (κ2) is 9.85. The van der Waals surface area contributed by atoms with E-state index in [1.807, 2.05) is 12.1 Å². The molecule has 2 aromatic rings. The first-order chi connectivity index (χ1) is 13.6. The zero-order valence-corrected chi connectivity index (χ0v) is 17.1. The summed E-state index contributed by atoms with van der Waals surface area (Å²) >= 11 is 0. The molecule has 28 heavy (non-hydrogen) atoms. The van der Waals surface area contributed by atoms with Crippen LogP contribution < -0.4 is 5.32 Å². The largest absolute Gasteiger partial charge is 0.381 e. The van der Waals surface area contributed by atoms with Gasteiger partial charge in [0.1, 0.15) is 0 Å². The number of aryl methyl sites for hydroxylation is 1. The van der Waals surface area contributed by atoms with E-state index in [-0.39, 0.29) is 11.3 Å². The van der Waals surface area contributed by atoms with Crippen molar-refractivity contribution in [3.05, 3.63) is 65.7 Å². The van der Waals surface area contributed by atoms with Gasteiger partial charge in [-0.25, -0.2) is 0 Å². The lowest BCUT2D eigenvalue weighted by molar-refractivity contribution is -0.114. The smallest absolute Gasteiger partial charge is 0.221 e. The van der Waals surface area contributed by atoms with Crippen molar-refractivity contribution in [3.8, 4) is 0 Å². The first-order valence-corrected chi connectivity index (χ1v) is 10.3. The van der Waals surface area contributed by atoms with Gasteiger partial charge in [0.05, 0.1) is 6.61 Å². The summed E-state index contributed by atoms with van der Waals surface area (Å²) in [4.78, 5) is 13.7. The second-order valence-corrected chi connectivity index (χ2v) is 7.96. The van der Waals surface area contributed by atoms with Gasteiger partial charge in [0, 0.05) is 37.7 Å². The molecule has 2 aromatic carbocycles. The lowest BCUT2D eigenvalue weighted by atomic mass is 9.82. The Morgan fingerprint density at radius 3 is 2.54 bits per heavy atom. The minimum atomic E-state index is -0.0357. The van der Waals surface area contributed by atoms with Gasteiger partial charge in [0.15, 0.2) is 0 Å². The number of ether oxygens (including phenoxy) is 1. The van der Waals surface area contributed by atoms with Crippen molar-refractivity contribution in [2.24, 2.45) is 5.41 Å². The van der Waals surface area contributed by atoms with E-state index in [9.17, 15) is 4.79 Å². The molecular formula is C24H32N2O2. The van der Waals surface area contributed by atoms with Crippen LogP contribution in [0.2, 0.25) is 0 Å². The first kappa shape index (κ1) is 20.6. The molecule has 0 radical (unpaired) electrons. The molecule has 0 saturated carbocycles. The summed E-state index contributed by atoms with van der Waals surface area (Å²) in [5.41, 5.74) is 3.78. The van der Waals surface area contributed by atoms with E-state index in [0.717, 1.165) is 51.4 Å². The van der Waals surface area contributed by atoms with E-state index >= 15 is 0 Å². The van der Waals surface area contributed by atoms with Crippen LogP contribution in [0.4, 0.5) is 5.69 Å². The predicted octanol–water partition coefficient (Wildman–Crippen LogP) is 4.51. The van der Waals surface area contributed by atoms with E-state index in [4.69, 9.17) is 4.74 Å². The topological polar surface area (TPSA) is 41.6 Å². The van der Waals surface area contributed by atoms with Gasteiger partial charge >= 0.3 is 0 Å². The number of carbonyl (C=O) groups excluding carboxylic acids is 1. The number of nitrogens with zero attached hydrogens (tertiary/aromatic N) is 1. The van der Waals surface area contributed by atoms with Gasteiger partial charge in [-0.1, -0.05) is 42.5 Å². The van der Waals surface area contributed by atoms with E-state index in [1.54, 1.807) is 0 Å². The molecule has 0 unspecified atom stereocenters. The van der Waals surface area contributed by atoms with Crippen molar-refractivity contribution < 1.29 is 9.53 Å². The summed E-state index contributed by atoms with van der Waals surface area (Å²) in [7, 11) is 0. The Morgan fingerprint density at radius 2 is 1.86 bits per heavy atom. The van der Waals surface area contributed by atoms with Gasteiger partial charge in [-0.15, -0.1) is 0 Å². The highest BCUT2D eigenvalue weighted by Crippen LogP contribution is 2.36. The Morgan fingerprint density at radius 1 is 1.11 bits per heavy atom. The number of benzene rings is 2. The maximum absolute atomic E-state index is 11.2. The van der Waals surface area contributed by atoms with Crippen molar-refractivity contribution in [1.82, 2.24) is 4.90 Å². The van der Waals surface area contributed by atoms with Crippen LogP contribution in [0.25, 0.3) is 0 Å². The quantitative estimate of drug-likeness (QED) is 0.696. The number of carbonyl (C=O) groups is 1. The molecule has 0 aliphatic carbocycles. The molecular weight excluding hydrogens is 348 g/mol. The molecule has 1 saturated heterocycles. The lowest BCUT2D eigenvalue weighted by Crippen LogP contribution is -2.32. The van der Waals surface area contributed by atoms with E-state index < -0.39 is 0 Å². The number of hydrogen-bond donors (Lipinski definition) is 1. The molecule has 4 heteroatoms. The van der Waals surface area contributed by atoms with Crippen LogP contribution in [0.3, 0.4) is 0 Å². The van der Waals surface area contributed by atoms with Crippen LogP contribution in [0.5, 0.6) is 0 Å². The summed E-state index contributed by atoms with van der Waals surface area (Å²) in [6.07, 6.45) is 3.45. The molecule has 3 rings (SSSR count). The van der Waals surface area contributed by atoms with Crippen molar-refractivity contribution in [2.75, 3.05) is 31.6 Å². The highest BCUT2D eigenvalue weighted by atomic mass is 16.5. The Labute approximate surface area is 168 Å². The predicted molar refractivity (Wildman–Crippen MR) is 114 cm³/mol. The van der Waals surface area contributed by atoms with Crippen molar-refractivity contribution in [1.29, 1.82) is 0 Å². The monoisotopic (exact) mass is 380 g/mol. The number of amides is 1. The first-order valence-electron chi connectivity index (χ1n) is 10.3. The average molecular weight is 381 g/mol. The Kier molecular flexibility index (Phi) is 7.24. The fourth-order valence-electron chi connectivity index (χ4n) is 4.08. The van der Waals surface area contributed by atoms with Gasteiger partial charge in [0.25, 0.3) is 0 Å². The molecule has 1 fully saturated rings. The van der Waals surface area contributed by atoms with Gasteiger partial charge in [-0.3, -0.25) is 9.69 Å². The number of likely N-dealkylation sites (tertiary alicyclic amines) is 1. The molecule has 1 N–H and O–H groups in total. The molecule has 1 heterocycles. The van der Waals surface area contributed by atoms with Crippen molar-refractivity contribution in [2.45, 2.75) is 39.7 Å². The molecule has 0 spiro atoms. The zero-order chi connectivity index (χ0) is 19.8. The van der Waals surface area contributed by atoms with Crippen LogP contribution in [-0.2, 0) is 22.5 Å². The van der Waals surface area contributed by atoms with Crippen LogP contribution in [0.15, 0.2) is 54.6 Å². The number of rotatable bonds is 9.